The second kappa shape index (κ2) is 4.34. The standard InChI is InChI=1S/C13H14O5/c1-6-7(2)18-13(16)12-9(15)4-10(17-3)8(5-14)11(6)12/h4,6,14-15H,2,5H2,1,3H3/t6-/m1/s1. The Morgan fingerprint density at radius 3 is 2.78 bits per heavy atom. The Labute approximate surface area is 104 Å². The Hall–Kier alpha value is -2.01. The van der Waals surface area contributed by atoms with Crippen molar-refractivity contribution in [3.05, 3.63) is 35.1 Å². The molecule has 1 heterocycles. The molecular weight excluding hydrogens is 236 g/mol. The van der Waals surface area contributed by atoms with Crippen LogP contribution in [-0.4, -0.2) is 23.3 Å². The van der Waals surface area contributed by atoms with Gasteiger partial charge in [-0.15, -0.1) is 0 Å². The number of ether oxygens (including phenoxy) is 2. The number of aliphatic hydroxyl groups is 1. The third-order valence-electron chi connectivity index (χ3n) is 3.14. The number of allylic oxidation sites excluding steroid dienone is 1. The lowest BCUT2D eigenvalue weighted by Gasteiger charge is -2.27. The van der Waals surface area contributed by atoms with Crippen molar-refractivity contribution in [1.82, 2.24) is 0 Å². The molecule has 5 heteroatoms. The van der Waals surface area contributed by atoms with Gasteiger partial charge in [0.1, 0.15) is 22.8 Å². The Bertz CT molecular complexity index is 533. The van der Waals surface area contributed by atoms with Gasteiger partial charge in [-0.05, 0) is 5.56 Å². The van der Waals surface area contributed by atoms with E-state index in [4.69, 9.17) is 9.47 Å². The van der Waals surface area contributed by atoms with Gasteiger partial charge in [-0.3, -0.25) is 0 Å². The number of carbonyl (C=O) groups is 1. The van der Waals surface area contributed by atoms with Crippen molar-refractivity contribution in [2.45, 2.75) is 19.4 Å². The van der Waals surface area contributed by atoms with Crippen LogP contribution in [0.2, 0.25) is 0 Å². The molecule has 0 bridgehead atoms. The van der Waals surface area contributed by atoms with Crippen molar-refractivity contribution >= 4 is 5.97 Å². The summed E-state index contributed by atoms with van der Waals surface area (Å²) < 4.78 is 10.1. The Morgan fingerprint density at radius 1 is 1.56 bits per heavy atom. The van der Waals surface area contributed by atoms with E-state index < -0.39 is 5.97 Å². The summed E-state index contributed by atoms with van der Waals surface area (Å²) in [5, 5.41) is 19.3. The summed E-state index contributed by atoms with van der Waals surface area (Å²) in [5.41, 5.74) is 1.05. The van der Waals surface area contributed by atoms with Crippen LogP contribution in [-0.2, 0) is 11.3 Å². The first-order chi connectivity index (χ1) is 8.51. The molecule has 1 atom stereocenters. The van der Waals surface area contributed by atoms with Crippen molar-refractivity contribution in [2.75, 3.05) is 7.11 Å². The maximum atomic E-state index is 11.8. The number of carbonyl (C=O) groups excluding carboxylic acids is 1. The molecule has 18 heavy (non-hydrogen) atoms. The van der Waals surface area contributed by atoms with Crippen LogP contribution in [0.5, 0.6) is 11.5 Å². The van der Waals surface area contributed by atoms with Crippen LogP contribution in [0.3, 0.4) is 0 Å². The van der Waals surface area contributed by atoms with E-state index in [9.17, 15) is 15.0 Å². The van der Waals surface area contributed by atoms with Gasteiger partial charge in [0.05, 0.1) is 13.7 Å². The number of hydrogen-bond donors (Lipinski definition) is 2. The molecule has 2 rings (SSSR count). The third-order valence-corrected chi connectivity index (χ3v) is 3.14. The molecule has 1 aliphatic rings. The minimum absolute atomic E-state index is 0.0692. The molecular formula is C13H14O5. The van der Waals surface area contributed by atoms with Crippen LogP contribution in [0.25, 0.3) is 0 Å². The van der Waals surface area contributed by atoms with E-state index in [2.05, 4.69) is 6.58 Å². The molecule has 0 saturated carbocycles. The lowest BCUT2D eigenvalue weighted by molar-refractivity contribution is 0.0579. The number of methoxy groups -OCH3 is 1. The Morgan fingerprint density at radius 2 is 2.22 bits per heavy atom. The number of phenols is 1. The van der Waals surface area contributed by atoms with Gasteiger partial charge in [0.2, 0.25) is 0 Å². The highest BCUT2D eigenvalue weighted by molar-refractivity contribution is 5.97. The van der Waals surface area contributed by atoms with Crippen molar-refractivity contribution in [2.24, 2.45) is 0 Å². The highest BCUT2D eigenvalue weighted by Gasteiger charge is 2.34. The average molecular weight is 250 g/mol. The molecule has 0 amide bonds. The largest absolute Gasteiger partial charge is 0.507 e. The molecule has 1 aliphatic heterocycles. The molecule has 96 valence electrons. The molecule has 1 aromatic rings. The van der Waals surface area contributed by atoms with E-state index in [1.807, 2.05) is 0 Å². The predicted octanol–water partition coefficient (Wildman–Crippen LogP) is 1.68. The predicted molar refractivity (Wildman–Crippen MR) is 63.6 cm³/mol. The van der Waals surface area contributed by atoms with Crippen molar-refractivity contribution in [3.8, 4) is 11.5 Å². The molecule has 2 N–H and O–H groups in total. The van der Waals surface area contributed by atoms with Crippen LogP contribution in [0.4, 0.5) is 0 Å². The number of phenolic OH excluding ortho intramolecular Hbond substituents is 1. The minimum Gasteiger partial charge on any atom is -0.507 e. The van der Waals surface area contributed by atoms with Gasteiger partial charge in [0.15, 0.2) is 0 Å². The van der Waals surface area contributed by atoms with E-state index in [1.54, 1.807) is 6.92 Å². The number of aliphatic hydroxyl groups excluding tert-OH is 1. The molecule has 0 saturated heterocycles. The number of esters is 1. The Kier molecular flexibility index (Phi) is 3.00. The fourth-order valence-corrected chi connectivity index (χ4v) is 2.16. The lowest BCUT2D eigenvalue weighted by Crippen LogP contribution is -2.21. The van der Waals surface area contributed by atoms with E-state index in [-0.39, 0.29) is 29.6 Å². The van der Waals surface area contributed by atoms with Crippen molar-refractivity contribution < 1.29 is 24.5 Å². The van der Waals surface area contributed by atoms with Crippen LogP contribution in [0.15, 0.2) is 18.4 Å². The first-order valence-corrected chi connectivity index (χ1v) is 5.45. The number of rotatable bonds is 2. The number of hydrogen-bond acceptors (Lipinski definition) is 5. The number of aromatic hydroxyl groups is 1. The number of benzene rings is 1. The number of fused-ring (bicyclic) bond motifs is 1. The highest BCUT2D eigenvalue weighted by Crippen LogP contribution is 2.43. The fourth-order valence-electron chi connectivity index (χ4n) is 2.16. The second-order valence-corrected chi connectivity index (χ2v) is 4.10. The molecule has 0 spiro atoms. The van der Waals surface area contributed by atoms with Gasteiger partial charge in [0, 0.05) is 17.5 Å². The zero-order valence-electron chi connectivity index (χ0n) is 10.2. The summed E-state index contributed by atoms with van der Waals surface area (Å²) in [7, 11) is 1.43. The van der Waals surface area contributed by atoms with E-state index >= 15 is 0 Å². The average Bonchev–Trinajstić information content (AvgIpc) is 2.34. The minimum atomic E-state index is -0.664. The maximum Gasteiger partial charge on any atom is 0.347 e. The monoisotopic (exact) mass is 250 g/mol. The van der Waals surface area contributed by atoms with Gasteiger partial charge < -0.3 is 19.7 Å². The first-order valence-electron chi connectivity index (χ1n) is 5.45. The quantitative estimate of drug-likeness (QED) is 0.781. The normalized spacial score (nSPS) is 18.3. The van der Waals surface area contributed by atoms with Gasteiger partial charge in [0.25, 0.3) is 0 Å². The van der Waals surface area contributed by atoms with Crippen LogP contribution < -0.4 is 4.74 Å². The molecule has 0 radical (unpaired) electrons. The Balaban J connectivity index is 2.80. The second-order valence-electron chi connectivity index (χ2n) is 4.10. The third kappa shape index (κ3) is 1.64. The van der Waals surface area contributed by atoms with E-state index in [0.717, 1.165) is 0 Å². The number of cyclic esters (lactones) is 1. The van der Waals surface area contributed by atoms with Crippen LogP contribution >= 0.6 is 0 Å². The molecule has 0 aromatic heterocycles. The summed E-state index contributed by atoms with van der Waals surface area (Å²) in [6.07, 6.45) is 0. The summed E-state index contributed by atoms with van der Waals surface area (Å²) in [5.74, 6) is -0.565. The summed E-state index contributed by atoms with van der Waals surface area (Å²) in [6.45, 7) is 5.15. The molecule has 0 aliphatic carbocycles. The maximum absolute atomic E-state index is 11.8. The zero-order chi connectivity index (χ0) is 13.4. The smallest absolute Gasteiger partial charge is 0.347 e. The first kappa shape index (κ1) is 12.4. The highest BCUT2D eigenvalue weighted by atomic mass is 16.5. The molecule has 0 unspecified atom stereocenters. The summed E-state index contributed by atoms with van der Waals surface area (Å²) in [6, 6.07) is 1.30. The summed E-state index contributed by atoms with van der Waals surface area (Å²) >= 11 is 0. The molecule has 0 fully saturated rings. The zero-order valence-corrected chi connectivity index (χ0v) is 10.2. The van der Waals surface area contributed by atoms with E-state index in [0.29, 0.717) is 16.9 Å². The van der Waals surface area contributed by atoms with Crippen LogP contribution in [0, 0.1) is 0 Å². The molecule has 5 nitrogen and oxygen atoms in total. The fraction of sp³-hybridized carbons (Fsp3) is 0.308. The van der Waals surface area contributed by atoms with Gasteiger partial charge in [-0.2, -0.15) is 0 Å². The van der Waals surface area contributed by atoms with Gasteiger partial charge in [-0.25, -0.2) is 4.79 Å². The SMILES string of the molecule is C=C1OC(=O)c2c(O)cc(OC)c(CO)c2[C@@H]1C. The van der Waals surface area contributed by atoms with E-state index in [1.165, 1.54) is 13.2 Å². The van der Waals surface area contributed by atoms with Crippen LogP contribution in [0.1, 0.15) is 34.3 Å². The van der Waals surface area contributed by atoms with Gasteiger partial charge >= 0.3 is 5.97 Å². The molecule has 1 aromatic carbocycles. The van der Waals surface area contributed by atoms with Crippen molar-refractivity contribution in [3.63, 3.8) is 0 Å². The summed E-state index contributed by atoms with van der Waals surface area (Å²) in [4.78, 5) is 11.8. The van der Waals surface area contributed by atoms with Crippen molar-refractivity contribution in [1.29, 1.82) is 0 Å². The lowest BCUT2D eigenvalue weighted by atomic mass is 9.87. The van der Waals surface area contributed by atoms with Gasteiger partial charge in [-0.1, -0.05) is 13.5 Å². The topological polar surface area (TPSA) is 76.0 Å².